The van der Waals surface area contributed by atoms with Gasteiger partial charge in [0, 0.05) is 5.56 Å². The number of halogens is 7. The number of rotatable bonds is 3. The van der Waals surface area contributed by atoms with Crippen molar-refractivity contribution in [3.05, 3.63) is 34.9 Å². The van der Waals surface area contributed by atoms with E-state index in [9.17, 15) is 35.5 Å². The number of benzene rings is 1. The maximum Gasteiger partial charge on any atom is 0.435 e. The largest absolute Gasteiger partial charge is 0.466 e. The van der Waals surface area contributed by atoms with E-state index in [0.717, 1.165) is 6.07 Å². The molecular weight excluding hydrogens is 393 g/mol. The van der Waals surface area contributed by atoms with E-state index in [2.05, 4.69) is 0 Å². The molecule has 2 aliphatic rings. The molecule has 0 heterocycles. The first-order valence-electron chi connectivity index (χ1n) is 9.04. The van der Waals surface area contributed by atoms with Crippen LogP contribution in [0.4, 0.5) is 30.7 Å². The van der Waals surface area contributed by atoms with Crippen LogP contribution in [0.15, 0.2) is 18.2 Å². The lowest BCUT2D eigenvalue weighted by Gasteiger charge is -2.34. The van der Waals surface area contributed by atoms with Crippen molar-refractivity contribution < 1.29 is 40.3 Å². The zero-order valence-electron chi connectivity index (χ0n) is 15.0. The highest BCUT2D eigenvalue weighted by atomic mass is 19.4. The Morgan fingerprint density at radius 2 is 1.68 bits per heavy atom. The number of aryl methyl sites for hydroxylation is 1. The normalized spacial score (nSPS) is 25.2. The van der Waals surface area contributed by atoms with Crippen LogP contribution in [0.1, 0.15) is 48.8 Å². The first-order chi connectivity index (χ1) is 12.9. The molecule has 2 nitrogen and oxygen atoms in total. The molecular formula is C19H19F7O2. The van der Waals surface area contributed by atoms with Crippen molar-refractivity contribution >= 4 is 5.97 Å². The summed E-state index contributed by atoms with van der Waals surface area (Å²) in [6, 6.07) is 2.41. The molecule has 0 N–H and O–H groups in total. The SMILES string of the molecule is CCOC(=O)[C@@H]1CCC2c3ccc(C(F)(C(F)(F)F)C(F)(F)F)cc3CCC21. The molecule has 28 heavy (non-hydrogen) atoms. The number of ether oxygens (including phenoxy) is 1. The summed E-state index contributed by atoms with van der Waals surface area (Å²) in [6.07, 6.45) is -10.5. The lowest BCUT2D eigenvalue weighted by atomic mass is 9.73. The smallest absolute Gasteiger partial charge is 0.435 e. The Morgan fingerprint density at radius 3 is 2.25 bits per heavy atom. The molecule has 1 aromatic rings. The van der Waals surface area contributed by atoms with Gasteiger partial charge in [-0.15, -0.1) is 0 Å². The van der Waals surface area contributed by atoms with Gasteiger partial charge in [-0.1, -0.05) is 18.2 Å². The lowest BCUT2D eigenvalue weighted by Crippen LogP contribution is -2.50. The van der Waals surface area contributed by atoms with E-state index in [4.69, 9.17) is 4.74 Å². The third-order valence-corrected chi connectivity index (χ3v) is 5.88. The predicted octanol–water partition coefficient (Wildman–Crippen LogP) is 5.60. The topological polar surface area (TPSA) is 26.3 Å². The van der Waals surface area contributed by atoms with E-state index in [1.165, 1.54) is 0 Å². The van der Waals surface area contributed by atoms with Crippen molar-refractivity contribution in [1.82, 2.24) is 0 Å². The highest BCUT2D eigenvalue weighted by Crippen LogP contribution is 2.55. The molecule has 1 aromatic carbocycles. The summed E-state index contributed by atoms with van der Waals surface area (Å²) in [7, 11) is 0. The zero-order chi connectivity index (χ0) is 20.9. The molecule has 0 aromatic heterocycles. The van der Waals surface area contributed by atoms with Crippen LogP contribution in [0.2, 0.25) is 0 Å². The van der Waals surface area contributed by atoms with E-state index in [0.29, 0.717) is 37.0 Å². The second-order valence-corrected chi connectivity index (χ2v) is 7.31. The van der Waals surface area contributed by atoms with Crippen molar-refractivity contribution in [1.29, 1.82) is 0 Å². The molecule has 1 saturated carbocycles. The summed E-state index contributed by atoms with van der Waals surface area (Å²) in [5.74, 6) is -0.883. The zero-order valence-corrected chi connectivity index (χ0v) is 15.0. The highest BCUT2D eigenvalue weighted by molar-refractivity contribution is 5.73. The van der Waals surface area contributed by atoms with Gasteiger partial charge in [-0.25, -0.2) is 4.39 Å². The molecule has 0 radical (unpaired) electrons. The van der Waals surface area contributed by atoms with E-state index in [-0.39, 0.29) is 42.3 Å². The van der Waals surface area contributed by atoms with Crippen LogP contribution in [-0.4, -0.2) is 24.9 Å². The molecule has 3 rings (SSSR count). The Hall–Kier alpha value is -1.80. The average molecular weight is 412 g/mol. The van der Waals surface area contributed by atoms with E-state index >= 15 is 0 Å². The number of hydrogen-bond acceptors (Lipinski definition) is 2. The standard InChI is InChI=1S/C19H19F7O2/c1-2-28-16(27)15-8-7-13-12-6-4-11(9-10(12)3-5-14(13)15)17(20,18(21,22)23)19(24,25)26/h4,6,9,13-15H,2-3,5,7-8H2,1H3/t13?,14?,15-/m1/s1. The Kier molecular flexibility index (Phi) is 5.17. The maximum atomic E-state index is 14.3. The van der Waals surface area contributed by atoms with Gasteiger partial charge < -0.3 is 4.74 Å². The monoisotopic (exact) mass is 412 g/mol. The average Bonchev–Trinajstić information content (AvgIpc) is 3.03. The van der Waals surface area contributed by atoms with Crippen LogP contribution in [0.25, 0.3) is 0 Å². The molecule has 3 atom stereocenters. The van der Waals surface area contributed by atoms with Gasteiger partial charge in [0.2, 0.25) is 0 Å². The Bertz CT molecular complexity index is 740. The van der Waals surface area contributed by atoms with Crippen molar-refractivity contribution in [3.63, 3.8) is 0 Å². The highest BCUT2D eigenvalue weighted by Gasteiger charge is 2.73. The van der Waals surface area contributed by atoms with Crippen LogP contribution >= 0.6 is 0 Å². The summed E-state index contributed by atoms with van der Waals surface area (Å²) in [6.45, 7) is 1.92. The number of hydrogen-bond donors (Lipinski definition) is 0. The molecule has 1 fully saturated rings. The predicted molar refractivity (Wildman–Crippen MR) is 85.2 cm³/mol. The first-order valence-corrected chi connectivity index (χ1v) is 9.04. The summed E-state index contributed by atoms with van der Waals surface area (Å²) in [4.78, 5) is 12.1. The van der Waals surface area contributed by atoms with Crippen LogP contribution in [0.3, 0.4) is 0 Å². The van der Waals surface area contributed by atoms with Crippen LogP contribution in [-0.2, 0) is 21.6 Å². The lowest BCUT2D eigenvalue weighted by molar-refractivity contribution is -0.348. The molecule has 0 amide bonds. The Labute approximate surface area is 157 Å². The minimum absolute atomic E-state index is 0.0715. The molecule has 0 bridgehead atoms. The second kappa shape index (κ2) is 6.91. The quantitative estimate of drug-likeness (QED) is 0.478. The van der Waals surface area contributed by atoms with Crippen molar-refractivity contribution in [2.45, 2.75) is 56.5 Å². The van der Waals surface area contributed by atoms with Crippen molar-refractivity contribution in [3.8, 4) is 0 Å². The molecule has 0 saturated heterocycles. The summed E-state index contributed by atoms with van der Waals surface area (Å²) >= 11 is 0. The van der Waals surface area contributed by atoms with E-state index in [1.54, 1.807) is 6.92 Å². The van der Waals surface area contributed by atoms with Crippen molar-refractivity contribution in [2.24, 2.45) is 11.8 Å². The van der Waals surface area contributed by atoms with Gasteiger partial charge in [-0.05, 0) is 55.6 Å². The third-order valence-electron chi connectivity index (χ3n) is 5.88. The number of fused-ring (bicyclic) bond motifs is 3. The van der Waals surface area contributed by atoms with Crippen LogP contribution in [0.5, 0.6) is 0 Å². The maximum absolute atomic E-state index is 14.3. The van der Waals surface area contributed by atoms with Crippen molar-refractivity contribution in [2.75, 3.05) is 6.61 Å². The van der Waals surface area contributed by atoms with Crippen LogP contribution in [0, 0.1) is 11.8 Å². The number of carbonyl (C=O) groups is 1. The van der Waals surface area contributed by atoms with Gasteiger partial charge in [0.05, 0.1) is 12.5 Å². The van der Waals surface area contributed by atoms with E-state index < -0.39 is 23.6 Å². The molecule has 0 aliphatic heterocycles. The number of alkyl halides is 7. The summed E-state index contributed by atoms with van der Waals surface area (Å²) < 4.78 is 97.4. The van der Waals surface area contributed by atoms with Gasteiger partial charge >= 0.3 is 24.0 Å². The number of esters is 1. The summed E-state index contributed by atoms with van der Waals surface area (Å²) in [5.41, 5.74) is -6.00. The molecule has 2 aliphatic carbocycles. The molecule has 0 spiro atoms. The Balaban J connectivity index is 1.96. The minimum atomic E-state index is -6.13. The minimum Gasteiger partial charge on any atom is -0.466 e. The van der Waals surface area contributed by atoms with Gasteiger partial charge in [-0.2, -0.15) is 26.3 Å². The fraction of sp³-hybridized carbons (Fsp3) is 0.632. The van der Waals surface area contributed by atoms with Gasteiger partial charge in [0.1, 0.15) is 0 Å². The first kappa shape index (κ1) is 20.9. The summed E-state index contributed by atoms with van der Waals surface area (Å²) in [5, 5.41) is 0. The molecule has 156 valence electrons. The fourth-order valence-corrected chi connectivity index (χ4v) is 4.61. The number of carbonyl (C=O) groups excluding carboxylic acids is 1. The fourth-order valence-electron chi connectivity index (χ4n) is 4.61. The van der Waals surface area contributed by atoms with Gasteiger partial charge in [0.25, 0.3) is 0 Å². The second-order valence-electron chi connectivity index (χ2n) is 7.31. The van der Waals surface area contributed by atoms with Gasteiger partial charge in [0.15, 0.2) is 0 Å². The Morgan fingerprint density at radius 1 is 1.04 bits per heavy atom. The van der Waals surface area contributed by atoms with Gasteiger partial charge in [-0.3, -0.25) is 4.79 Å². The van der Waals surface area contributed by atoms with E-state index in [1.807, 2.05) is 0 Å². The molecule has 9 heteroatoms. The van der Waals surface area contributed by atoms with Crippen LogP contribution < -0.4 is 0 Å². The third kappa shape index (κ3) is 3.16. The molecule has 2 unspecified atom stereocenters.